The summed E-state index contributed by atoms with van der Waals surface area (Å²) < 4.78 is 21.8. The predicted octanol–water partition coefficient (Wildman–Crippen LogP) is 2.73. The summed E-state index contributed by atoms with van der Waals surface area (Å²) in [5.41, 5.74) is 2.25. The molecule has 1 aliphatic heterocycles. The molecule has 1 aromatic heterocycles. The largest absolute Gasteiger partial charge is 0.380 e. The Labute approximate surface area is 146 Å². The molecule has 0 N–H and O–H groups in total. The van der Waals surface area contributed by atoms with E-state index < -0.39 is 5.82 Å². The third kappa shape index (κ3) is 3.31. The third-order valence-electron chi connectivity index (χ3n) is 5.01. The van der Waals surface area contributed by atoms with Crippen LogP contribution in [0.25, 0.3) is 0 Å². The maximum Gasteiger partial charge on any atom is 0.257 e. The lowest BCUT2D eigenvalue weighted by molar-refractivity contribution is 0.0617. The van der Waals surface area contributed by atoms with Crippen LogP contribution < -0.4 is 0 Å². The number of benzene rings is 1. The molecule has 1 fully saturated rings. The summed E-state index contributed by atoms with van der Waals surface area (Å²) in [4.78, 5) is 14.5. The van der Waals surface area contributed by atoms with Crippen molar-refractivity contribution in [3.63, 3.8) is 0 Å². The van der Waals surface area contributed by atoms with Gasteiger partial charge in [-0.05, 0) is 30.9 Å². The Morgan fingerprint density at radius 2 is 2.12 bits per heavy atom. The molecule has 1 amide bonds. The average molecular weight is 343 g/mol. The first-order chi connectivity index (χ1) is 12.1. The van der Waals surface area contributed by atoms with Crippen LogP contribution >= 0.6 is 0 Å². The van der Waals surface area contributed by atoms with Crippen LogP contribution in [0.5, 0.6) is 0 Å². The Hall–Kier alpha value is -2.21. The van der Waals surface area contributed by atoms with Crippen molar-refractivity contribution < 1.29 is 13.9 Å². The van der Waals surface area contributed by atoms with E-state index in [9.17, 15) is 9.18 Å². The van der Waals surface area contributed by atoms with Crippen LogP contribution in [0.4, 0.5) is 4.39 Å². The van der Waals surface area contributed by atoms with E-state index in [1.807, 2.05) is 11.7 Å². The first-order valence-electron chi connectivity index (χ1n) is 8.76. The molecule has 2 aromatic rings. The molecule has 1 saturated carbocycles. The first-order valence-corrected chi connectivity index (χ1v) is 8.76. The number of aryl methyl sites for hydroxylation is 1. The number of fused-ring (bicyclic) bond motifs is 1. The van der Waals surface area contributed by atoms with Crippen LogP contribution in [-0.2, 0) is 18.3 Å². The van der Waals surface area contributed by atoms with Gasteiger partial charge < -0.3 is 9.64 Å². The minimum absolute atomic E-state index is 0.0609. The number of ether oxygens (including phenoxy) is 1. The van der Waals surface area contributed by atoms with Crippen molar-refractivity contribution in [2.45, 2.75) is 25.3 Å². The fraction of sp³-hybridized carbons (Fsp3) is 0.474. The fourth-order valence-corrected chi connectivity index (χ4v) is 3.52. The van der Waals surface area contributed by atoms with Gasteiger partial charge in [-0.3, -0.25) is 9.48 Å². The number of nitrogens with zero attached hydrogens (tertiary/aromatic N) is 3. The molecule has 0 bridgehead atoms. The van der Waals surface area contributed by atoms with Gasteiger partial charge in [0.2, 0.25) is 0 Å². The molecule has 2 aliphatic rings. The summed E-state index contributed by atoms with van der Waals surface area (Å²) in [7, 11) is 1.92. The second-order valence-electron chi connectivity index (χ2n) is 7.02. The zero-order chi connectivity index (χ0) is 17.4. The molecule has 25 heavy (non-hydrogen) atoms. The summed E-state index contributed by atoms with van der Waals surface area (Å²) in [5, 5.41) is 4.34. The van der Waals surface area contributed by atoms with Crippen LogP contribution in [0.3, 0.4) is 0 Å². The lowest BCUT2D eigenvalue weighted by atomic mass is 9.96. The van der Waals surface area contributed by atoms with Crippen molar-refractivity contribution in [2.75, 3.05) is 19.8 Å². The molecule has 132 valence electrons. The zero-order valence-corrected chi connectivity index (χ0v) is 14.3. The van der Waals surface area contributed by atoms with Crippen LogP contribution in [0.2, 0.25) is 0 Å². The lowest BCUT2D eigenvalue weighted by Crippen LogP contribution is -2.40. The minimum atomic E-state index is -0.481. The van der Waals surface area contributed by atoms with E-state index in [1.165, 1.54) is 25.0 Å². The smallest absolute Gasteiger partial charge is 0.257 e. The monoisotopic (exact) mass is 343 g/mol. The van der Waals surface area contributed by atoms with Crippen molar-refractivity contribution in [3.8, 4) is 0 Å². The highest BCUT2D eigenvalue weighted by atomic mass is 19.1. The summed E-state index contributed by atoms with van der Waals surface area (Å²) in [6.45, 7) is 2.31. The van der Waals surface area contributed by atoms with Crippen LogP contribution in [0.1, 0.15) is 40.4 Å². The highest BCUT2D eigenvalue weighted by Gasteiger charge is 2.33. The number of rotatable bonds is 5. The quantitative estimate of drug-likeness (QED) is 0.839. The van der Waals surface area contributed by atoms with Gasteiger partial charge in [0, 0.05) is 38.2 Å². The Morgan fingerprint density at radius 1 is 1.32 bits per heavy atom. The van der Waals surface area contributed by atoms with Gasteiger partial charge in [0.1, 0.15) is 5.82 Å². The van der Waals surface area contributed by atoms with Crippen LogP contribution in [-0.4, -0.2) is 40.3 Å². The van der Waals surface area contributed by atoms with Crippen LogP contribution in [0.15, 0.2) is 30.5 Å². The molecule has 6 heteroatoms. The van der Waals surface area contributed by atoms with Gasteiger partial charge in [-0.15, -0.1) is 0 Å². The molecule has 5 nitrogen and oxygen atoms in total. The van der Waals surface area contributed by atoms with Crippen molar-refractivity contribution >= 4 is 5.91 Å². The normalized spacial score (nSPS) is 19.8. The highest BCUT2D eigenvalue weighted by Crippen LogP contribution is 2.32. The van der Waals surface area contributed by atoms with Crippen molar-refractivity contribution in [2.24, 2.45) is 13.0 Å². The Kier molecular flexibility index (Phi) is 4.29. The summed E-state index contributed by atoms with van der Waals surface area (Å²) in [5.74, 6) is 0.00212. The number of carbonyl (C=O) groups excluding carboxylic acids is 1. The van der Waals surface area contributed by atoms with E-state index in [-0.39, 0.29) is 17.4 Å². The molecule has 1 aliphatic carbocycles. The second-order valence-corrected chi connectivity index (χ2v) is 7.02. The van der Waals surface area contributed by atoms with E-state index in [1.54, 1.807) is 23.2 Å². The van der Waals surface area contributed by atoms with E-state index in [0.29, 0.717) is 25.6 Å². The number of halogens is 1. The van der Waals surface area contributed by atoms with E-state index >= 15 is 0 Å². The predicted molar refractivity (Wildman–Crippen MR) is 90.6 cm³/mol. The minimum Gasteiger partial charge on any atom is -0.380 e. The van der Waals surface area contributed by atoms with Crippen molar-refractivity contribution in [3.05, 3.63) is 53.1 Å². The molecular weight excluding hydrogens is 321 g/mol. The summed E-state index contributed by atoms with van der Waals surface area (Å²) in [6, 6.07) is 6.14. The van der Waals surface area contributed by atoms with Crippen molar-refractivity contribution in [1.82, 2.24) is 14.7 Å². The molecular formula is C19H22FN3O2. The zero-order valence-electron chi connectivity index (χ0n) is 14.3. The molecule has 0 spiro atoms. The molecule has 0 radical (unpaired) electrons. The maximum atomic E-state index is 14.0. The Morgan fingerprint density at radius 3 is 2.88 bits per heavy atom. The Balaban J connectivity index is 1.54. The molecule has 1 atom stereocenters. The maximum absolute atomic E-state index is 14.0. The number of aromatic nitrogens is 2. The molecule has 1 unspecified atom stereocenters. The number of carbonyl (C=O) groups is 1. The summed E-state index contributed by atoms with van der Waals surface area (Å²) in [6.07, 6.45) is 4.29. The second kappa shape index (κ2) is 6.59. The van der Waals surface area contributed by atoms with Gasteiger partial charge in [0.15, 0.2) is 0 Å². The van der Waals surface area contributed by atoms with Crippen LogP contribution in [0, 0.1) is 11.7 Å². The number of hydrogen-bond acceptors (Lipinski definition) is 3. The Bertz CT molecular complexity index is 785. The molecule has 0 saturated heterocycles. The van der Waals surface area contributed by atoms with E-state index in [4.69, 9.17) is 4.74 Å². The third-order valence-corrected chi connectivity index (χ3v) is 5.01. The summed E-state index contributed by atoms with van der Waals surface area (Å²) >= 11 is 0. The fourth-order valence-electron chi connectivity index (χ4n) is 3.52. The van der Waals surface area contributed by atoms with Gasteiger partial charge in [0.25, 0.3) is 5.91 Å². The number of amides is 1. The lowest BCUT2D eigenvalue weighted by Gasteiger charge is -2.33. The van der Waals surface area contributed by atoms with Gasteiger partial charge >= 0.3 is 0 Å². The SMILES string of the molecule is Cn1ncc2c1C(COCC1CC1)CN(C(=O)c1ccccc1F)C2. The standard InChI is InChI=1S/C19H22FN3O2/c1-22-18-14(8-21-22)9-23(10-15(18)12-25-11-13-6-7-13)19(24)16-4-2-3-5-17(16)20/h2-5,8,13,15H,6-7,9-12H2,1H3. The van der Waals surface area contributed by atoms with E-state index in [0.717, 1.165) is 17.9 Å². The van der Waals surface area contributed by atoms with Gasteiger partial charge in [-0.1, -0.05) is 12.1 Å². The molecule has 1 aromatic carbocycles. The van der Waals surface area contributed by atoms with Crippen molar-refractivity contribution in [1.29, 1.82) is 0 Å². The molecule has 4 rings (SSSR count). The average Bonchev–Trinajstić information content (AvgIpc) is 3.36. The van der Waals surface area contributed by atoms with E-state index in [2.05, 4.69) is 5.10 Å². The van der Waals surface area contributed by atoms with Gasteiger partial charge in [-0.2, -0.15) is 5.10 Å². The molecule has 2 heterocycles. The first kappa shape index (κ1) is 16.3. The van der Waals surface area contributed by atoms with Gasteiger partial charge in [-0.25, -0.2) is 4.39 Å². The number of hydrogen-bond donors (Lipinski definition) is 0. The highest BCUT2D eigenvalue weighted by molar-refractivity contribution is 5.94. The topological polar surface area (TPSA) is 47.4 Å². The van der Waals surface area contributed by atoms with Gasteiger partial charge in [0.05, 0.1) is 24.1 Å².